The van der Waals surface area contributed by atoms with Gasteiger partial charge in [-0.2, -0.15) is 25.3 Å². The minimum Gasteiger partial charge on any atom is -0.508 e. The van der Waals surface area contributed by atoms with Crippen LogP contribution in [0.15, 0.2) is 30.3 Å². The lowest BCUT2D eigenvalue weighted by Crippen LogP contribution is -2.15. The molecule has 0 radical (unpaired) electrons. The molecule has 1 aliphatic carbocycles. The van der Waals surface area contributed by atoms with Crippen LogP contribution in [-0.2, 0) is 0 Å². The van der Waals surface area contributed by atoms with Crippen LogP contribution in [-0.4, -0.2) is 20.5 Å². The van der Waals surface area contributed by atoms with Gasteiger partial charge in [-0.3, -0.25) is 0 Å². The van der Waals surface area contributed by atoms with E-state index in [1.165, 1.54) is 0 Å². The monoisotopic (exact) mass is 254 g/mol. The Morgan fingerprint density at radius 2 is 1.67 bits per heavy atom. The smallest absolute Gasteiger partial charge is 0.115 e. The van der Waals surface area contributed by atoms with Crippen molar-refractivity contribution in [3.8, 4) is 5.75 Å². The summed E-state index contributed by atoms with van der Waals surface area (Å²) in [5, 5.41) is 9.23. The number of benzene rings is 1. The van der Waals surface area contributed by atoms with Crippen molar-refractivity contribution in [2.45, 2.75) is 10.5 Å². The average molecular weight is 254 g/mol. The highest BCUT2D eigenvalue weighted by Gasteiger charge is 2.28. The molecule has 0 bridgehead atoms. The number of thiocarbonyl (C=S) groups is 1. The number of phenols is 1. The molecule has 2 unspecified atom stereocenters. The van der Waals surface area contributed by atoms with E-state index >= 15 is 0 Å². The van der Waals surface area contributed by atoms with Gasteiger partial charge in [-0.25, -0.2) is 0 Å². The van der Waals surface area contributed by atoms with Gasteiger partial charge in [0.2, 0.25) is 0 Å². The standard InChI is InChI=1S/C11H10OS3/c12-7-3-1-6(2-4-7)8-5-9(13)11(15)10(8)14/h1-5,10-12,14-15H. The molecule has 4 heteroatoms. The van der Waals surface area contributed by atoms with E-state index in [0.717, 1.165) is 16.0 Å². The normalized spacial score (nSPS) is 25.5. The van der Waals surface area contributed by atoms with Crippen molar-refractivity contribution in [2.75, 3.05) is 0 Å². The number of hydrogen-bond donors (Lipinski definition) is 3. The maximum absolute atomic E-state index is 9.19. The number of rotatable bonds is 1. The predicted molar refractivity (Wildman–Crippen MR) is 74.2 cm³/mol. The van der Waals surface area contributed by atoms with Crippen LogP contribution in [0.5, 0.6) is 5.75 Å². The van der Waals surface area contributed by atoms with Gasteiger partial charge < -0.3 is 5.11 Å². The lowest BCUT2D eigenvalue weighted by atomic mass is 10.1. The Balaban J connectivity index is 2.36. The van der Waals surface area contributed by atoms with Crippen molar-refractivity contribution >= 4 is 47.9 Å². The summed E-state index contributed by atoms with van der Waals surface area (Å²) in [6.07, 6.45) is 1.94. The molecule has 0 saturated heterocycles. The zero-order valence-corrected chi connectivity index (χ0v) is 10.4. The van der Waals surface area contributed by atoms with Crippen molar-refractivity contribution in [3.63, 3.8) is 0 Å². The number of thiol groups is 2. The maximum atomic E-state index is 9.19. The van der Waals surface area contributed by atoms with Crippen LogP contribution >= 0.6 is 37.5 Å². The molecule has 0 amide bonds. The van der Waals surface area contributed by atoms with Gasteiger partial charge in [0.15, 0.2) is 0 Å². The summed E-state index contributed by atoms with van der Waals surface area (Å²) >= 11 is 14.0. The average Bonchev–Trinajstić information content (AvgIpc) is 2.47. The Kier molecular flexibility index (Phi) is 3.09. The van der Waals surface area contributed by atoms with Gasteiger partial charge in [0.05, 0.1) is 5.25 Å². The van der Waals surface area contributed by atoms with Crippen molar-refractivity contribution in [2.24, 2.45) is 0 Å². The molecule has 1 aliphatic rings. The van der Waals surface area contributed by atoms with E-state index in [4.69, 9.17) is 12.2 Å². The van der Waals surface area contributed by atoms with Crippen LogP contribution in [0, 0.1) is 0 Å². The van der Waals surface area contributed by atoms with Crippen LogP contribution in [0.2, 0.25) is 0 Å². The van der Waals surface area contributed by atoms with Gasteiger partial charge >= 0.3 is 0 Å². The Morgan fingerprint density at radius 3 is 2.13 bits per heavy atom. The molecule has 1 nitrogen and oxygen atoms in total. The van der Waals surface area contributed by atoms with Gasteiger partial charge in [-0.15, -0.1) is 0 Å². The number of aromatic hydroxyl groups is 1. The molecule has 15 heavy (non-hydrogen) atoms. The third kappa shape index (κ3) is 2.07. The second-order valence-electron chi connectivity index (χ2n) is 3.44. The third-order valence-electron chi connectivity index (χ3n) is 2.41. The summed E-state index contributed by atoms with van der Waals surface area (Å²) in [6, 6.07) is 7.04. The summed E-state index contributed by atoms with van der Waals surface area (Å²) in [7, 11) is 0. The van der Waals surface area contributed by atoms with E-state index in [9.17, 15) is 5.11 Å². The molecule has 0 aromatic heterocycles. The maximum Gasteiger partial charge on any atom is 0.115 e. The minimum atomic E-state index is 0.00661. The van der Waals surface area contributed by atoms with E-state index in [-0.39, 0.29) is 16.2 Å². The van der Waals surface area contributed by atoms with Crippen LogP contribution in [0.1, 0.15) is 5.56 Å². The first kappa shape index (κ1) is 11.0. The number of phenolic OH excluding ortho intramolecular Hbond substituents is 1. The van der Waals surface area contributed by atoms with Gasteiger partial charge in [-0.05, 0) is 29.3 Å². The predicted octanol–water partition coefficient (Wildman–Crippen LogP) is 2.76. The van der Waals surface area contributed by atoms with Gasteiger partial charge in [0.25, 0.3) is 0 Å². The molecule has 0 fully saturated rings. The molecule has 0 saturated carbocycles. The molecule has 2 atom stereocenters. The molecule has 78 valence electrons. The Hall–Kier alpha value is -0.450. The van der Waals surface area contributed by atoms with Crippen molar-refractivity contribution in [3.05, 3.63) is 35.9 Å². The first-order valence-electron chi connectivity index (χ1n) is 4.50. The molecule has 0 aliphatic heterocycles. The van der Waals surface area contributed by atoms with Gasteiger partial charge in [-0.1, -0.05) is 24.4 Å². The van der Waals surface area contributed by atoms with Crippen LogP contribution in [0.4, 0.5) is 0 Å². The molecule has 0 spiro atoms. The first-order valence-corrected chi connectivity index (χ1v) is 5.94. The minimum absolute atomic E-state index is 0.00661. The Bertz CT molecular complexity index is 422. The lowest BCUT2D eigenvalue weighted by Gasteiger charge is -2.12. The van der Waals surface area contributed by atoms with Crippen LogP contribution in [0.25, 0.3) is 5.57 Å². The van der Waals surface area contributed by atoms with E-state index in [2.05, 4.69) is 25.3 Å². The summed E-state index contributed by atoms with van der Waals surface area (Å²) in [6.45, 7) is 0. The largest absolute Gasteiger partial charge is 0.508 e. The summed E-state index contributed by atoms with van der Waals surface area (Å²) in [5.41, 5.74) is 2.11. The third-order valence-corrected chi connectivity index (χ3v) is 4.34. The van der Waals surface area contributed by atoms with Crippen molar-refractivity contribution < 1.29 is 5.11 Å². The highest BCUT2D eigenvalue weighted by molar-refractivity contribution is 7.89. The molecule has 1 aromatic rings. The molecule has 1 aromatic carbocycles. The summed E-state index contributed by atoms with van der Waals surface area (Å²) in [4.78, 5) is 0.821. The molecule has 0 heterocycles. The SMILES string of the molecule is Oc1ccc(C2=CC(=S)C(S)C2S)cc1. The summed E-state index contributed by atoms with van der Waals surface area (Å²) in [5.74, 6) is 0.262. The van der Waals surface area contributed by atoms with Gasteiger partial charge in [0, 0.05) is 10.1 Å². The van der Waals surface area contributed by atoms with E-state index in [0.29, 0.717) is 0 Å². The van der Waals surface area contributed by atoms with Crippen molar-refractivity contribution in [1.29, 1.82) is 0 Å². The molecule has 1 N–H and O–H groups in total. The second-order valence-corrected chi connectivity index (χ2v) is 5.02. The fraction of sp³-hybridized carbons (Fsp3) is 0.182. The van der Waals surface area contributed by atoms with E-state index < -0.39 is 0 Å². The van der Waals surface area contributed by atoms with Crippen LogP contribution in [0.3, 0.4) is 0 Å². The van der Waals surface area contributed by atoms with Crippen LogP contribution < -0.4 is 0 Å². The summed E-state index contributed by atoms with van der Waals surface area (Å²) < 4.78 is 0. The molecule has 2 rings (SSSR count). The van der Waals surface area contributed by atoms with E-state index in [1.54, 1.807) is 12.1 Å². The zero-order valence-electron chi connectivity index (χ0n) is 7.79. The number of hydrogen-bond acceptors (Lipinski definition) is 4. The molecular weight excluding hydrogens is 244 g/mol. The fourth-order valence-electron chi connectivity index (χ4n) is 1.56. The Morgan fingerprint density at radius 1 is 1.07 bits per heavy atom. The lowest BCUT2D eigenvalue weighted by molar-refractivity contribution is 0.475. The highest BCUT2D eigenvalue weighted by atomic mass is 32.1. The van der Waals surface area contributed by atoms with Gasteiger partial charge in [0.1, 0.15) is 5.75 Å². The first-order chi connectivity index (χ1) is 7.09. The highest BCUT2D eigenvalue weighted by Crippen LogP contribution is 2.34. The van der Waals surface area contributed by atoms with Crippen molar-refractivity contribution in [1.82, 2.24) is 0 Å². The second kappa shape index (κ2) is 4.20. The Labute approximate surface area is 105 Å². The zero-order chi connectivity index (χ0) is 11.0. The van der Waals surface area contributed by atoms with E-state index in [1.807, 2.05) is 18.2 Å². The fourth-order valence-corrected chi connectivity index (χ4v) is 2.54. The number of allylic oxidation sites excluding steroid dienone is 1. The quantitative estimate of drug-likeness (QED) is 0.529. The molecular formula is C11H10OS3. The topological polar surface area (TPSA) is 20.2 Å².